The second-order valence-corrected chi connectivity index (χ2v) is 7.21. The molecule has 0 fully saturated rings. The lowest BCUT2D eigenvalue weighted by Crippen LogP contribution is -2.25. The van der Waals surface area contributed by atoms with Crippen LogP contribution < -0.4 is 29.6 Å². The average Bonchev–Trinajstić information content (AvgIpc) is 2.88. The molecule has 0 saturated heterocycles. The molecule has 3 rings (SSSR count). The molecule has 0 bridgehead atoms. The Kier molecular flexibility index (Phi) is 8.72. The minimum Gasteiger partial charge on any atom is -0.495 e. The van der Waals surface area contributed by atoms with Crippen molar-refractivity contribution in [2.75, 3.05) is 38.6 Å². The van der Waals surface area contributed by atoms with Crippen molar-refractivity contribution in [1.82, 2.24) is 0 Å². The molecule has 3 aromatic carbocycles. The fraction of sp³-hybridized carbons (Fsp3) is 0.185. The van der Waals surface area contributed by atoms with Gasteiger partial charge in [0.05, 0.1) is 39.3 Å². The Bertz CT molecular complexity index is 1160. The Labute approximate surface area is 204 Å². The fourth-order valence-electron chi connectivity index (χ4n) is 3.33. The molecule has 0 spiro atoms. The van der Waals surface area contributed by atoms with Gasteiger partial charge in [0, 0.05) is 0 Å². The minimum absolute atomic E-state index is 0.130. The highest BCUT2D eigenvalue weighted by atomic mass is 16.5. The molecular weight excluding hydrogens is 448 g/mol. The lowest BCUT2D eigenvalue weighted by molar-refractivity contribution is -0.118. The molecule has 0 aliphatic rings. The number of ether oxygens (including phenoxy) is 4. The summed E-state index contributed by atoms with van der Waals surface area (Å²) in [6, 6.07) is 19.0. The highest BCUT2D eigenvalue weighted by Gasteiger charge is 2.21. The first-order valence-corrected chi connectivity index (χ1v) is 10.9. The van der Waals surface area contributed by atoms with Crippen LogP contribution in [-0.2, 0) is 9.59 Å². The van der Waals surface area contributed by atoms with E-state index in [1.54, 1.807) is 73.8 Å². The van der Waals surface area contributed by atoms with E-state index in [1.165, 1.54) is 20.3 Å². The summed E-state index contributed by atoms with van der Waals surface area (Å²) >= 11 is 0. The van der Waals surface area contributed by atoms with E-state index in [-0.39, 0.29) is 5.57 Å². The molecule has 0 unspecified atom stereocenters. The molecule has 2 N–H and O–H groups in total. The van der Waals surface area contributed by atoms with Gasteiger partial charge in [-0.15, -0.1) is 0 Å². The predicted molar refractivity (Wildman–Crippen MR) is 135 cm³/mol. The summed E-state index contributed by atoms with van der Waals surface area (Å²) in [5.74, 6) is 0.744. The van der Waals surface area contributed by atoms with Crippen molar-refractivity contribution in [3.05, 3.63) is 77.9 Å². The highest BCUT2D eigenvalue weighted by Crippen LogP contribution is 2.30. The molecule has 8 heteroatoms. The summed E-state index contributed by atoms with van der Waals surface area (Å²) in [5, 5.41) is 5.52. The summed E-state index contributed by atoms with van der Waals surface area (Å²) in [5.41, 5.74) is 1.31. The number of nitrogens with one attached hydrogen (secondary N) is 2. The summed E-state index contributed by atoms with van der Waals surface area (Å²) in [6.45, 7) is 2.29. The van der Waals surface area contributed by atoms with Crippen molar-refractivity contribution in [2.45, 2.75) is 6.92 Å². The maximum atomic E-state index is 13.3. The molecule has 0 saturated carbocycles. The van der Waals surface area contributed by atoms with Crippen molar-refractivity contribution < 1.29 is 28.5 Å². The van der Waals surface area contributed by atoms with E-state index in [4.69, 9.17) is 18.9 Å². The van der Waals surface area contributed by atoms with Crippen molar-refractivity contribution in [1.29, 1.82) is 0 Å². The van der Waals surface area contributed by atoms with Gasteiger partial charge in [-0.25, -0.2) is 0 Å². The van der Waals surface area contributed by atoms with Crippen LogP contribution in [-0.4, -0.2) is 39.8 Å². The zero-order valence-corrected chi connectivity index (χ0v) is 20.1. The van der Waals surface area contributed by atoms with Crippen LogP contribution in [0, 0.1) is 0 Å². The Balaban J connectivity index is 2.01. The molecule has 2 amide bonds. The van der Waals surface area contributed by atoms with Crippen LogP contribution in [0.25, 0.3) is 6.08 Å². The Hall–Kier alpha value is -4.46. The van der Waals surface area contributed by atoms with Crippen LogP contribution in [0.15, 0.2) is 72.3 Å². The highest BCUT2D eigenvalue weighted by molar-refractivity contribution is 6.29. The molecule has 0 aromatic heterocycles. The van der Waals surface area contributed by atoms with Crippen molar-refractivity contribution in [3.63, 3.8) is 0 Å². The fourth-order valence-corrected chi connectivity index (χ4v) is 3.33. The normalized spacial score (nSPS) is 10.1. The maximum Gasteiger partial charge on any atom is 0.261 e. The number of rotatable bonds is 10. The van der Waals surface area contributed by atoms with Crippen LogP contribution in [0.1, 0.15) is 12.5 Å². The quantitative estimate of drug-likeness (QED) is 0.249. The number of carbonyl (C=O) groups is 2. The largest absolute Gasteiger partial charge is 0.495 e. The number of carbonyl (C=O) groups excluding carboxylic acids is 2. The molecule has 0 atom stereocenters. The van der Waals surface area contributed by atoms with E-state index < -0.39 is 11.8 Å². The van der Waals surface area contributed by atoms with Gasteiger partial charge in [-0.1, -0.05) is 30.3 Å². The first-order chi connectivity index (χ1) is 17.0. The predicted octanol–water partition coefficient (Wildman–Crippen LogP) is 4.77. The third-order valence-corrected chi connectivity index (χ3v) is 5.00. The number of methoxy groups -OCH3 is 3. The summed E-state index contributed by atoms with van der Waals surface area (Å²) in [4.78, 5) is 26.6. The molecule has 8 nitrogen and oxygen atoms in total. The van der Waals surface area contributed by atoms with Gasteiger partial charge in [0.1, 0.15) is 17.1 Å². The van der Waals surface area contributed by atoms with Crippen molar-refractivity contribution in [3.8, 4) is 23.0 Å². The number of anilines is 2. The van der Waals surface area contributed by atoms with E-state index in [0.717, 1.165) is 0 Å². The number of hydrogen-bond acceptors (Lipinski definition) is 6. The molecule has 0 aliphatic heterocycles. The standard InChI is InChI=1S/C27H28N2O6/c1-5-35-25-17-18(14-15-24(25)34-4)16-19(26(30)28-20-10-6-8-12-22(20)32-2)27(31)29-21-11-7-9-13-23(21)33-3/h6-17H,5H2,1-4H3,(H,28,30)(H,29,31). The van der Waals surface area contributed by atoms with Gasteiger partial charge < -0.3 is 29.6 Å². The molecule has 35 heavy (non-hydrogen) atoms. The topological polar surface area (TPSA) is 95.1 Å². The minimum atomic E-state index is -0.615. The zero-order chi connectivity index (χ0) is 25.2. The van der Waals surface area contributed by atoms with Crippen LogP contribution in [0.2, 0.25) is 0 Å². The lowest BCUT2D eigenvalue weighted by atomic mass is 10.1. The second kappa shape index (κ2) is 12.1. The van der Waals surface area contributed by atoms with Crippen molar-refractivity contribution in [2.24, 2.45) is 0 Å². The Morgan fingerprint density at radius 1 is 0.714 bits per heavy atom. The van der Waals surface area contributed by atoms with Crippen LogP contribution in [0.3, 0.4) is 0 Å². The van der Waals surface area contributed by atoms with E-state index in [9.17, 15) is 9.59 Å². The average molecular weight is 477 g/mol. The van der Waals surface area contributed by atoms with Crippen LogP contribution in [0.5, 0.6) is 23.0 Å². The SMILES string of the molecule is CCOc1cc(C=C(C(=O)Nc2ccccc2OC)C(=O)Nc2ccccc2OC)ccc1OC. The first kappa shape index (κ1) is 25.2. The van der Waals surface area contributed by atoms with Gasteiger partial charge in [0.15, 0.2) is 11.5 Å². The molecule has 0 aliphatic carbocycles. The van der Waals surface area contributed by atoms with Gasteiger partial charge in [0.2, 0.25) is 0 Å². The van der Waals surface area contributed by atoms with Gasteiger partial charge in [-0.2, -0.15) is 0 Å². The van der Waals surface area contributed by atoms with Gasteiger partial charge >= 0.3 is 0 Å². The molecule has 182 valence electrons. The van der Waals surface area contributed by atoms with Crippen LogP contribution >= 0.6 is 0 Å². The summed E-state index contributed by atoms with van der Waals surface area (Å²) in [6.07, 6.45) is 1.48. The monoisotopic (exact) mass is 476 g/mol. The summed E-state index contributed by atoms with van der Waals surface area (Å²) < 4.78 is 21.6. The van der Waals surface area contributed by atoms with Gasteiger partial charge in [0.25, 0.3) is 11.8 Å². The van der Waals surface area contributed by atoms with Gasteiger partial charge in [-0.3, -0.25) is 9.59 Å². The third-order valence-electron chi connectivity index (χ3n) is 5.00. The molecule has 3 aromatic rings. The smallest absolute Gasteiger partial charge is 0.261 e. The van der Waals surface area contributed by atoms with Gasteiger partial charge in [-0.05, 0) is 55.0 Å². The van der Waals surface area contributed by atoms with E-state index >= 15 is 0 Å². The molecule has 0 heterocycles. The Morgan fingerprint density at radius 2 is 1.23 bits per heavy atom. The van der Waals surface area contributed by atoms with Crippen molar-refractivity contribution >= 4 is 29.3 Å². The zero-order valence-electron chi connectivity index (χ0n) is 20.1. The first-order valence-electron chi connectivity index (χ1n) is 10.9. The number of amides is 2. The number of para-hydroxylation sites is 4. The third kappa shape index (κ3) is 6.32. The molecule has 0 radical (unpaired) electrons. The Morgan fingerprint density at radius 3 is 1.71 bits per heavy atom. The van der Waals surface area contributed by atoms with E-state index in [2.05, 4.69) is 10.6 Å². The van der Waals surface area contributed by atoms with Crippen LogP contribution in [0.4, 0.5) is 11.4 Å². The second-order valence-electron chi connectivity index (χ2n) is 7.21. The summed E-state index contributed by atoms with van der Waals surface area (Å²) in [7, 11) is 4.55. The number of hydrogen-bond donors (Lipinski definition) is 2. The lowest BCUT2D eigenvalue weighted by Gasteiger charge is -2.14. The van der Waals surface area contributed by atoms with E-state index in [0.29, 0.717) is 46.5 Å². The maximum absolute atomic E-state index is 13.3. The molecular formula is C27H28N2O6. The number of benzene rings is 3. The van der Waals surface area contributed by atoms with E-state index in [1.807, 2.05) is 6.92 Å².